The Morgan fingerprint density at radius 1 is 1.07 bits per heavy atom. The molecule has 0 spiro atoms. The highest BCUT2D eigenvalue weighted by atomic mass is 19.1. The van der Waals surface area contributed by atoms with Crippen LogP contribution in [0.4, 0.5) is 14.9 Å². The second-order valence-electron chi connectivity index (χ2n) is 8.72. The molecule has 0 aromatic heterocycles. The molecule has 2 N–H and O–H groups in total. The van der Waals surface area contributed by atoms with Crippen molar-refractivity contribution in [3.05, 3.63) is 65.0 Å². The Balaban J connectivity index is 1.64. The first-order valence-electron chi connectivity index (χ1n) is 10.4. The van der Waals surface area contributed by atoms with E-state index in [1.54, 1.807) is 24.3 Å². The third-order valence-electron chi connectivity index (χ3n) is 5.78. The van der Waals surface area contributed by atoms with Crippen molar-refractivity contribution in [2.75, 3.05) is 18.4 Å². The van der Waals surface area contributed by atoms with Gasteiger partial charge in [-0.15, -0.1) is 0 Å². The van der Waals surface area contributed by atoms with E-state index in [2.05, 4.69) is 17.6 Å². The molecule has 3 rings (SSSR count). The molecule has 0 radical (unpaired) electrons. The van der Waals surface area contributed by atoms with E-state index in [4.69, 9.17) is 0 Å². The molecule has 1 fully saturated rings. The van der Waals surface area contributed by atoms with Gasteiger partial charge in [0.2, 0.25) is 0 Å². The van der Waals surface area contributed by atoms with E-state index in [-0.39, 0.29) is 17.8 Å². The number of amides is 3. The van der Waals surface area contributed by atoms with E-state index < -0.39 is 5.54 Å². The maximum Gasteiger partial charge on any atom is 0.319 e. The van der Waals surface area contributed by atoms with E-state index in [9.17, 15) is 14.0 Å². The molecule has 6 heteroatoms. The van der Waals surface area contributed by atoms with Crippen molar-refractivity contribution < 1.29 is 14.0 Å². The Morgan fingerprint density at radius 3 is 2.30 bits per heavy atom. The summed E-state index contributed by atoms with van der Waals surface area (Å²) < 4.78 is 13.2. The van der Waals surface area contributed by atoms with Crippen LogP contribution < -0.4 is 10.6 Å². The Kier molecular flexibility index (Phi) is 6.44. The van der Waals surface area contributed by atoms with E-state index in [0.717, 1.165) is 37.1 Å². The minimum Gasteiger partial charge on any atom is -0.339 e. The van der Waals surface area contributed by atoms with Gasteiger partial charge in [0.15, 0.2) is 0 Å². The van der Waals surface area contributed by atoms with Crippen LogP contribution in [0.25, 0.3) is 0 Å². The lowest BCUT2D eigenvalue weighted by Gasteiger charge is -2.30. The minimum atomic E-state index is -0.674. The van der Waals surface area contributed by atoms with Crippen LogP contribution in [-0.2, 0) is 5.54 Å². The first-order valence-corrected chi connectivity index (χ1v) is 10.4. The van der Waals surface area contributed by atoms with Crippen LogP contribution in [0.3, 0.4) is 0 Å². The minimum absolute atomic E-state index is 0.0402. The molecule has 0 atom stereocenters. The Hall–Kier alpha value is -2.89. The monoisotopic (exact) mass is 411 g/mol. The van der Waals surface area contributed by atoms with Gasteiger partial charge < -0.3 is 15.5 Å². The number of rotatable bonds is 4. The fourth-order valence-corrected chi connectivity index (χ4v) is 3.71. The Morgan fingerprint density at radius 2 is 1.70 bits per heavy atom. The second-order valence-corrected chi connectivity index (χ2v) is 8.72. The number of piperidine rings is 1. The number of halogens is 1. The third-order valence-corrected chi connectivity index (χ3v) is 5.78. The highest BCUT2D eigenvalue weighted by Crippen LogP contribution is 2.23. The summed E-state index contributed by atoms with van der Waals surface area (Å²) in [5.74, 6) is 0.391. The molecule has 3 amide bonds. The van der Waals surface area contributed by atoms with Gasteiger partial charge in [-0.2, -0.15) is 0 Å². The predicted molar refractivity (Wildman–Crippen MR) is 117 cm³/mol. The number of hydrogen-bond donors (Lipinski definition) is 2. The van der Waals surface area contributed by atoms with Crippen molar-refractivity contribution in [2.45, 2.75) is 46.1 Å². The summed E-state index contributed by atoms with van der Waals surface area (Å²) in [6, 6.07) is 11.0. The molecule has 0 saturated carbocycles. The number of nitrogens with zero attached hydrogens (tertiary/aromatic N) is 1. The van der Waals surface area contributed by atoms with Crippen LogP contribution in [0, 0.1) is 18.7 Å². The van der Waals surface area contributed by atoms with Crippen LogP contribution in [0.15, 0.2) is 42.5 Å². The van der Waals surface area contributed by atoms with Gasteiger partial charge in [0.1, 0.15) is 5.82 Å². The molecule has 2 aromatic carbocycles. The molecular formula is C24H30FN3O2. The van der Waals surface area contributed by atoms with Crippen molar-refractivity contribution in [1.29, 1.82) is 0 Å². The number of likely N-dealkylation sites (tertiary alicyclic amines) is 1. The van der Waals surface area contributed by atoms with Gasteiger partial charge in [-0.05, 0) is 81.0 Å². The van der Waals surface area contributed by atoms with Gasteiger partial charge in [-0.1, -0.05) is 19.1 Å². The molecular weight excluding hydrogens is 381 g/mol. The van der Waals surface area contributed by atoms with Crippen LogP contribution in [0.2, 0.25) is 0 Å². The standard InChI is InChI=1S/C24H30FN3O2/c1-16-11-13-28(14-12-16)22(29)18-5-10-21(17(2)15-18)26-23(30)27-24(3,4)19-6-8-20(25)9-7-19/h5-10,15-16H,11-14H2,1-4H3,(H2,26,27,30). The molecule has 1 aliphatic rings. The summed E-state index contributed by atoms with van der Waals surface area (Å²) in [7, 11) is 0. The lowest BCUT2D eigenvalue weighted by molar-refractivity contribution is 0.0697. The molecule has 0 bridgehead atoms. The molecule has 30 heavy (non-hydrogen) atoms. The van der Waals surface area contributed by atoms with Crippen LogP contribution in [0.5, 0.6) is 0 Å². The van der Waals surface area contributed by atoms with Crippen molar-refractivity contribution in [1.82, 2.24) is 10.2 Å². The number of carbonyl (C=O) groups is 2. The summed E-state index contributed by atoms with van der Waals surface area (Å²) in [5.41, 5.74) is 2.23. The fourth-order valence-electron chi connectivity index (χ4n) is 3.71. The molecule has 5 nitrogen and oxygen atoms in total. The number of carbonyl (C=O) groups excluding carboxylic acids is 2. The van der Waals surface area contributed by atoms with Crippen molar-refractivity contribution >= 4 is 17.6 Å². The van der Waals surface area contributed by atoms with E-state index in [1.807, 2.05) is 31.7 Å². The zero-order valence-electron chi connectivity index (χ0n) is 18.1. The quantitative estimate of drug-likeness (QED) is 0.738. The molecule has 0 unspecified atom stereocenters. The van der Waals surface area contributed by atoms with Crippen molar-refractivity contribution in [3.8, 4) is 0 Å². The van der Waals surface area contributed by atoms with Crippen LogP contribution in [-0.4, -0.2) is 29.9 Å². The van der Waals surface area contributed by atoms with Crippen molar-refractivity contribution in [3.63, 3.8) is 0 Å². The molecule has 1 saturated heterocycles. The number of nitrogens with one attached hydrogen (secondary N) is 2. The number of aryl methyl sites for hydroxylation is 1. The second kappa shape index (κ2) is 8.86. The molecule has 1 heterocycles. The summed E-state index contributed by atoms with van der Waals surface area (Å²) in [6.07, 6.45) is 2.07. The summed E-state index contributed by atoms with van der Waals surface area (Å²) >= 11 is 0. The largest absolute Gasteiger partial charge is 0.339 e. The lowest BCUT2D eigenvalue weighted by atomic mass is 9.94. The van der Waals surface area contributed by atoms with Gasteiger partial charge in [0.25, 0.3) is 5.91 Å². The smallest absolute Gasteiger partial charge is 0.319 e. The first-order chi connectivity index (χ1) is 14.2. The van der Waals surface area contributed by atoms with Gasteiger partial charge in [-0.25, -0.2) is 9.18 Å². The number of urea groups is 1. The molecule has 160 valence electrons. The number of hydrogen-bond acceptors (Lipinski definition) is 2. The summed E-state index contributed by atoms with van der Waals surface area (Å²) in [5, 5.41) is 5.76. The fraction of sp³-hybridized carbons (Fsp3) is 0.417. The highest BCUT2D eigenvalue weighted by molar-refractivity contribution is 5.96. The summed E-state index contributed by atoms with van der Waals surface area (Å²) in [6.45, 7) is 9.38. The topological polar surface area (TPSA) is 61.4 Å². The van der Waals surface area contributed by atoms with Gasteiger partial charge in [0.05, 0.1) is 5.54 Å². The van der Waals surface area contributed by atoms with Gasteiger partial charge in [0, 0.05) is 24.3 Å². The first kappa shape index (κ1) is 21.8. The van der Waals surface area contributed by atoms with E-state index in [1.165, 1.54) is 12.1 Å². The van der Waals surface area contributed by atoms with Crippen molar-refractivity contribution in [2.24, 2.45) is 5.92 Å². The molecule has 0 aliphatic carbocycles. The Bertz CT molecular complexity index is 917. The Labute approximate surface area is 177 Å². The highest BCUT2D eigenvalue weighted by Gasteiger charge is 2.24. The molecule has 2 aromatic rings. The zero-order chi connectivity index (χ0) is 21.9. The third kappa shape index (κ3) is 5.17. The van der Waals surface area contributed by atoms with E-state index >= 15 is 0 Å². The average molecular weight is 412 g/mol. The normalized spacial score (nSPS) is 15.0. The lowest BCUT2D eigenvalue weighted by Crippen LogP contribution is -2.43. The van der Waals surface area contributed by atoms with Crippen LogP contribution in [0.1, 0.15) is 55.1 Å². The average Bonchev–Trinajstić information content (AvgIpc) is 2.69. The predicted octanol–water partition coefficient (Wildman–Crippen LogP) is 5.06. The summed E-state index contributed by atoms with van der Waals surface area (Å²) in [4.78, 5) is 27.2. The van der Waals surface area contributed by atoms with Gasteiger partial charge >= 0.3 is 6.03 Å². The molecule has 1 aliphatic heterocycles. The maximum absolute atomic E-state index is 13.2. The zero-order valence-corrected chi connectivity index (χ0v) is 18.1. The number of anilines is 1. The van der Waals surface area contributed by atoms with E-state index in [0.29, 0.717) is 17.2 Å². The number of benzene rings is 2. The SMILES string of the molecule is Cc1cc(C(=O)N2CCC(C)CC2)ccc1NC(=O)NC(C)(C)c1ccc(F)cc1. The van der Waals surface area contributed by atoms with Gasteiger partial charge in [-0.3, -0.25) is 4.79 Å². The van der Waals surface area contributed by atoms with Crippen LogP contribution >= 0.6 is 0 Å². The maximum atomic E-state index is 13.2.